The molecule has 2 N–H and O–H groups in total. The quantitative estimate of drug-likeness (QED) is 0.812. The highest BCUT2D eigenvalue weighted by Gasteiger charge is 2.17. The maximum absolute atomic E-state index is 12.1. The van der Waals surface area contributed by atoms with Gasteiger partial charge in [0, 0.05) is 30.6 Å². The van der Waals surface area contributed by atoms with Crippen LogP contribution in [-0.2, 0) is 0 Å². The van der Waals surface area contributed by atoms with Crippen LogP contribution in [0.15, 0.2) is 16.7 Å². The van der Waals surface area contributed by atoms with E-state index in [9.17, 15) is 4.79 Å². The molecule has 6 heteroatoms. The van der Waals surface area contributed by atoms with E-state index in [1.165, 1.54) is 0 Å². The zero-order chi connectivity index (χ0) is 14.7. The lowest BCUT2D eigenvalue weighted by atomic mass is 10.2. The Morgan fingerprint density at radius 1 is 1.40 bits per heavy atom. The van der Waals surface area contributed by atoms with Crippen LogP contribution in [0.2, 0.25) is 0 Å². The number of nitrogens with zero attached hydrogens (tertiary/aromatic N) is 2. The van der Waals surface area contributed by atoms with E-state index >= 15 is 0 Å². The number of hydrogen-bond acceptors (Lipinski definition) is 4. The molecule has 2 heterocycles. The first kappa shape index (κ1) is 14.3. The summed E-state index contributed by atoms with van der Waals surface area (Å²) in [4.78, 5) is 12.1. The van der Waals surface area contributed by atoms with Crippen LogP contribution in [0.4, 0.5) is 0 Å². The molecule has 2 aromatic heterocycles. The van der Waals surface area contributed by atoms with Gasteiger partial charge in [-0.25, -0.2) is 0 Å². The summed E-state index contributed by atoms with van der Waals surface area (Å²) in [6.45, 7) is 6.15. The number of carbonyl (C=O) groups excluding carboxylic acids is 1. The summed E-state index contributed by atoms with van der Waals surface area (Å²) < 4.78 is 6.97. The number of rotatable bonds is 5. The molecule has 0 saturated heterocycles. The Labute approximate surface area is 117 Å². The lowest BCUT2D eigenvalue weighted by Crippen LogP contribution is -2.25. The number of hydrogen-bond donors (Lipinski definition) is 2. The summed E-state index contributed by atoms with van der Waals surface area (Å²) in [5.41, 5.74) is 2.35. The van der Waals surface area contributed by atoms with Crippen LogP contribution in [0.5, 0.6) is 0 Å². The second-order valence-electron chi connectivity index (χ2n) is 4.75. The third-order valence-electron chi connectivity index (χ3n) is 3.14. The molecule has 1 amide bonds. The van der Waals surface area contributed by atoms with Crippen molar-refractivity contribution in [3.63, 3.8) is 0 Å². The number of nitrogens with one attached hydrogen (secondary N) is 1. The van der Waals surface area contributed by atoms with Gasteiger partial charge < -0.3 is 14.9 Å². The molecule has 108 valence electrons. The first-order valence-corrected chi connectivity index (χ1v) is 6.56. The van der Waals surface area contributed by atoms with Crippen LogP contribution in [0.25, 0.3) is 5.82 Å². The summed E-state index contributed by atoms with van der Waals surface area (Å²) in [6.07, 6.45) is 0.549. The normalized spacial score (nSPS) is 10.8. The van der Waals surface area contributed by atoms with Crippen molar-refractivity contribution in [2.75, 3.05) is 13.2 Å². The number of aliphatic hydroxyl groups excluding tert-OH is 1. The molecule has 0 radical (unpaired) electrons. The molecule has 0 saturated carbocycles. The SMILES string of the molecule is Cc1cc(-n2c(C)cc(C(=O)NCCCO)c2C)no1. The highest BCUT2D eigenvalue weighted by Crippen LogP contribution is 2.20. The monoisotopic (exact) mass is 277 g/mol. The number of aryl methyl sites for hydroxylation is 2. The second-order valence-corrected chi connectivity index (χ2v) is 4.75. The van der Waals surface area contributed by atoms with E-state index in [2.05, 4.69) is 10.5 Å². The third-order valence-corrected chi connectivity index (χ3v) is 3.14. The highest BCUT2D eigenvalue weighted by molar-refractivity contribution is 5.95. The molecule has 0 unspecified atom stereocenters. The van der Waals surface area contributed by atoms with Gasteiger partial charge in [0.05, 0.1) is 5.56 Å². The van der Waals surface area contributed by atoms with Crippen molar-refractivity contribution in [1.29, 1.82) is 0 Å². The lowest BCUT2D eigenvalue weighted by molar-refractivity contribution is 0.0950. The van der Waals surface area contributed by atoms with Crippen molar-refractivity contribution in [3.05, 3.63) is 34.8 Å². The van der Waals surface area contributed by atoms with Crippen molar-refractivity contribution >= 4 is 5.91 Å². The van der Waals surface area contributed by atoms with Crippen molar-refractivity contribution < 1.29 is 14.4 Å². The predicted molar refractivity (Wildman–Crippen MR) is 74.1 cm³/mol. The number of aromatic nitrogens is 2. The lowest BCUT2D eigenvalue weighted by Gasteiger charge is -2.06. The molecular weight excluding hydrogens is 258 g/mol. The minimum absolute atomic E-state index is 0.0670. The zero-order valence-electron chi connectivity index (χ0n) is 11.9. The average Bonchev–Trinajstić information content (AvgIpc) is 2.93. The molecule has 0 aliphatic carbocycles. The molecule has 2 rings (SSSR count). The van der Waals surface area contributed by atoms with Crippen LogP contribution in [-0.4, -0.2) is 33.9 Å². The van der Waals surface area contributed by atoms with Gasteiger partial charge in [-0.15, -0.1) is 0 Å². The Morgan fingerprint density at radius 2 is 2.15 bits per heavy atom. The fraction of sp³-hybridized carbons (Fsp3) is 0.429. The molecular formula is C14H19N3O3. The second kappa shape index (κ2) is 5.92. The predicted octanol–water partition coefficient (Wildman–Crippen LogP) is 1.50. The first-order valence-electron chi connectivity index (χ1n) is 6.56. The van der Waals surface area contributed by atoms with E-state index in [0.29, 0.717) is 24.3 Å². The van der Waals surface area contributed by atoms with Gasteiger partial charge in [0.25, 0.3) is 5.91 Å². The van der Waals surface area contributed by atoms with E-state index < -0.39 is 0 Å². The van der Waals surface area contributed by atoms with Gasteiger partial charge in [-0.2, -0.15) is 0 Å². The maximum Gasteiger partial charge on any atom is 0.253 e. The van der Waals surface area contributed by atoms with Crippen LogP contribution in [0.3, 0.4) is 0 Å². The molecule has 20 heavy (non-hydrogen) atoms. The molecule has 0 aliphatic rings. The van der Waals surface area contributed by atoms with Crippen molar-refractivity contribution in [1.82, 2.24) is 15.0 Å². The molecule has 0 fully saturated rings. The van der Waals surface area contributed by atoms with Gasteiger partial charge in [0.1, 0.15) is 5.76 Å². The summed E-state index contributed by atoms with van der Waals surface area (Å²) in [5.74, 6) is 1.26. The van der Waals surface area contributed by atoms with E-state index in [1.807, 2.05) is 37.5 Å². The van der Waals surface area contributed by atoms with Gasteiger partial charge in [-0.05, 0) is 33.3 Å². The topological polar surface area (TPSA) is 80.3 Å². The molecule has 0 aromatic carbocycles. The standard InChI is InChI=1S/C14H19N3O3/c1-9-7-12(14(19)15-5-4-6-18)11(3)17(9)13-8-10(2)20-16-13/h7-8,18H,4-6H2,1-3H3,(H,15,19). The summed E-state index contributed by atoms with van der Waals surface area (Å²) in [5, 5.41) is 15.5. The highest BCUT2D eigenvalue weighted by atomic mass is 16.5. The maximum atomic E-state index is 12.1. The number of carbonyl (C=O) groups is 1. The van der Waals surface area contributed by atoms with E-state index in [1.54, 1.807) is 0 Å². The Hall–Kier alpha value is -2.08. The fourth-order valence-corrected chi connectivity index (χ4v) is 2.18. The Bertz CT molecular complexity index is 613. The molecule has 2 aromatic rings. The van der Waals surface area contributed by atoms with Gasteiger partial charge in [-0.3, -0.25) is 9.36 Å². The van der Waals surface area contributed by atoms with Gasteiger partial charge in [0.2, 0.25) is 0 Å². The summed E-state index contributed by atoms with van der Waals surface area (Å²) in [6, 6.07) is 3.65. The van der Waals surface area contributed by atoms with Gasteiger partial charge in [-0.1, -0.05) is 5.16 Å². The Kier molecular flexibility index (Phi) is 4.24. The number of amides is 1. The fourth-order valence-electron chi connectivity index (χ4n) is 2.18. The summed E-state index contributed by atoms with van der Waals surface area (Å²) >= 11 is 0. The van der Waals surface area contributed by atoms with E-state index in [-0.39, 0.29) is 12.5 Å². The molecule has 0 spiro atoms. The average molecular weight is 277 g/mol. The van der Waals surface area contributed by atoms with Gasteiger partial charge >= 0.3 is 0 Å². The minimum atomic E-state index is -0.141. The molecule has 0 atom stereocenters. The zero-order valence-corrected chi connectivity index (χ0v) is 11.9. The smallest absolute Gasteiger partial charge is 0.253 e. The molecule has 0 bridgehead atoms. The van der Waals surface area contributed by atoms with E-state index in [4.69, 9.17) is 9.63 Å². The third kappa shape index (κ3) is 2.75. The van der Waals surface area contributed by atoms with E-state index in [0.717, 1.165) is 17.1 Å². The Balaban J connectivity index is 2.27. The van der Waals surface area contributed by atoms with Crippen molar-refractivity contribution in [3.8, 4) is 5.82 Å². The van der Waals surface area contributed by atoms with Gasteiger partial charge in [0.15, 0.2) is 5.82 Å². The van der Waals surface area contributed by atoms with Crippen molar-refractivity contribution in [2.24, 2.45) is 0 Å². The molecule has 0 aliphatic heterocycles. The van der Waals surface area contributed by atoms with Crippen LogP contribution < -0.4 is 5.32 Å². The molecule has 6 nitrogen and oxygen atoms in total. The number of aliphatic hydroxyl groups is 1. The Morgan fingerprint density at radius 3 is 2.75 bits per heavy atom. The minimum Gasteiger partial charge on any atom is -0.396 e. The van der Waals surface area contributed by atoms with Crippen LogP contribution in [0, 0.1) is 20.8 Å². The summed E-state index contributed by atoms with van der Waals surface area (Å²) in [7, 11) is 0. The van der Waals surface area contributed by atoms with Crippen LogP contribution in [0.1, 0.15) is 33.9 Å². The van der Waals surface area contributed by atoms with Crippen molar-refractivity contribution in [2.45, 2.75) is 27.2 Å². The largest absolute Gasteiger partial charge is 0.396 e. The first-order chi connectivity index (χ1) is 9.54. The van der Waals surface area contributed by atoms with Crippen LogP contribution >= 0.6 is 0 Å².